The molecule has 9 nitrogen and oxygen atoms in total. The minimum Gasteiger partial charge on any atom is -0.438 e. The number of aliphatic hydroxyl groups excluding tert-OH is 1. The summed E-state index contributed by atoms with van der Waals surface area (Å²) in [5, 5.41) is 12.4. The monoisotopic (exact) mass is 657 g/mol. The third kappa shape index (κ3) is 4.60. The number of hydrogen-bond acceptors (Lipinski definition) is 8. The van der Waals surface area contributed by atoms with E-state index in [1.54, 1.807) is 0 Å². The molecule has 0 radical (unpaired) electrons. The highest BCUT2D eigenvalue weighted by molar-refractivity contribution is 5.76. The first-order chi connectivity index (χ1) is 22.3. The molecule has 264 valence electrons. The zero-order chi connectivity index (χ0) is 33.1. The maximum Gasteiger partial charge on any atom is 0.508 e. The Hall–Kier alpha value is -1.42. The fourth-order valence-corrected chi connectivity index (χ4v) is 13.8. The van der Waals surface area contributed by atoms with Crippen LogP contribution in [0.1, 0.15) is 105 Å². The van der Waals surface area contributed by atoms with E-state index in [1.165, 1.54) is 39.2 Å². The van der Waals surface area contributed by atoms with Gasteiger partial charge in [-0.15, -0.1) is 0 Å². The van der Waals surface area contributed by atoms with E-state index in [2.05, 4.69) is 34.6 Å². The molecule has 2 spiro atoms. The third-order valence-corrected chi connectivity index (χ3v) is 16.2. The van der Waals surface area contributed by atoms with Crippen molar-refractivity contribution in [1.29, 1.82) is 0 Å². The van der Waals surface area contributed by atoms with Crippen molar-refractivity contribution in [2.75, 3.05) is 33.4 Å². The first-order valence-electron chi connectivity index (χ1n) is 18.9. The van der Waals surface area contributed by atoms with Crippen molar-refractivity contribution >= 4 is 12.1 Å². The summed E-state index contributed by atoms with van der Waals surface area (Å²) in [4.78, 5) is 26.6. The van der Waals surface area contributed by atoms with Crippen molar-refractivity contribution < 1.29 is 38.4 Å². The van der Waals surface area contributed by atoms with Crippen LogP contribution in [0.5, 0.6) is 0 Å². The normalized spacial score (nSPS) is 51.0. The molecular weight excluding hydrogens is 598 g/mol. The largest absolute Gasteiger partial charge is 0.508 e. The first-order valence-corrected chi connectivity index (χ1v) is 18.9. The molecule has 1 amide bonds. The number of morpholine rings is 1. The smallest absolute Gasteiger partial charge is 0.438 e. The Kier molecular flexibility index (Phi) is 7.70. The number of fused-ring (bicyclic) bond motifs is 4. The fourth-order valence-electron chi connectivity index (χ4n) is 13.8. The topological polar surface area (TPSA) is 104 Å². The minimum absolute atomic E-state index is 0.00476. The van der Waals surface area contributed by atoms with E-state index in [0.717, 1.165) is 32.1 Å². The van der Waals surface area contributed by atoms with E-state index in [9.17, 15) is 14.7 Å². The molecular formula is C38H59NO8. The van der Waals surface area contributed by atoms with Crippen LogP contribution in [0.15, 0.2) is 0 Å². The molecule has 6 aliphatic carbocycles. The molecule has 0 aromatic heterocycles. The van der Waals surface area contributed by atoms with Gasteiger partial charge in [-0.3, -0.25) is 4.79 Å². The van der Waals surface area contributed by atoms with E-state index >= 15 is 0 Å². The number of hydrogen-bond donors (Lipinski definition) is 1. The van der Waals surface area contributed by atoms with Crippen molar-refractivity contribution in [3.63, 3.8) is 0 Å². The van der Waals surface area contributed by atoms with E-state index in [1.807, 2.05) is 4.90 Å². The molecule has 8 unspecified atom stereocenters. The van der Waals surface area contributed by atoms with Crippen LogP contribution in [-0.2, 0) is 28.5 Å². The van der Waals surface area contributed by atoms with Gasteiger partial charge in [0.2, 0.25) is 5.91 Å². The second kappa shape index (κ2) is 11.0. The van der Waals surface area contributed by atoms with Gasteiger partial charge in [0, 0.05) is 18.4 Å². The van der Waals surface area contributed by atoms with Crippen molar-refractivity contribution in [1.82, 2.24) is 4.90 Å². The maximum atomic E-state index is 12.9. The Morgan fingerprint density at radius 2 is 1.72 bits per heavy atom. The summed E-state index contributed by atoms with van der Waals surface area (Å²) in [5.74, 6) is 2.55. The maximum absolute atomic E-state index is 12.9. The summed E-state index contributed by atoms with van der Waals surface area (Å²) in [6, 6.07) is 0. The molecule has 0 aromatic rings. The molecule has 47 heavy (non-hydrogen) atoms. The summed E-state index contributed by atoms with van der Waals surface area (Å²) in [5.41, 5.74) is 0.343. The molecule has 13 atom stereocenters. The van der Waals surface area contributed by atoms with Crippen LogP contribution in [0.2, 0.25) is 0 Å². The average Bonchev–Trinajstić information content (AvgIpc) is 3.96. The van der Waals surface area contributed by atoms with Gasteiger partial charge in [0.15, 0.2) is 6.29 Å². The van der Waals surface area contributed by atoms with Gasteiger partial charge in [-0.1, -0.05) is 34.6 Å². The number of carbonyl (C=O) groups is 2. The molecule has 9 heteroatoms. The Morgan fingerprint density at radius 3 is 2.47 bits per heavy atom. The van der Waals surface area contributed by atoms with Crippen LogP contribution in [0, 0.1) is 56.7 Å². The summed E-state index contributed by atoms with van der Waals surface area (Å²) in [6.45, 7) is 14.0. The molecule has 6 saturated carbocycles. The van der Waals surface area contributed by atoms with Gasteiger partial charge in [-0.2, -0.15) is 0 Å². The summed E-state index contributed by atoms with van der Waals surface area (Å²) < 4.78 is 29.6. The number of amides is 1. The predicted octanol–water partition coefficient (Wildman–Crippen LogP) is 5.95. The van der Waals surface area contributed by atoms with Gasteiger partial charge in [-0.05, 0) is 115 Å². The Morgan fingerprint density at radius 1 is 0.979 bits per heavy atom. The van der Waals surface area contributed by atoms with Gasteiger partial charge >= 0.3 is 6.16 Å². The molecule has 8 rings (SSSR count). The molecule has 0 aromatic carbocycles. The lowest BCUT2D eigenvalue weighted by molar-refractivity contribution is -0.248. The highest BCUT2D eigenvalue weighted by atomic mass is 16.7. The Labute approximate surface area is 281 Å². The van der Waals surface area contributed by atoms with Crippen LogP contribution >= 0.6 is 0 Å². The molecule has 2 saturated heterocycles. The first kappa shape index (κ1) is 32.8. The molecule has 2 heterocycles. The third-order valence-electron chi connectivity index (χ3n) is 16.2. The number of aliphatic hydroxyl groups is 1. The van der Waals surface area contributed by atoms with E-state index in [0.29, 0.717) is 55.2 Å². The van der Waals surface area contributed by atoms with Gasteiger partial charge in [0.25, 0.3) is 0 Å². The summed E-state index contributed by atoms with van der Waals surface area (Å²) in [6.07, 6.45) is 10.1. The zero-order valence-electron chi connectivity index (χ0n) is 29.6. The Bertz CT molecular complexity index is 1270. The predicted molar refractivity (Wildman–Crippen MR) is 173 cm³/mol. The van der Waals surface area contributed by atoms with Crippen LogP contribution < -0.4 is 0 Å². The summed E-state index contributed by atoms with van der Waals surface area (Å²) >= 11 is 0. The average molecular weight is 658 g/mol. The molecule has 1 N–H and O–H groups in total. The van der Waals surface area contributed by atoms with Gasteiger partial charge in [0.1, 0.15) is 6.61 Å². The quantitative estimate of drug-likeness (QED) is 0.350. The minimum atomic E-state index is -0.684. The van der Waals surface area contributed by atoms with Crippen LogP contribution in [0.25, 0.3) is 0 Å². The van der Waals surface area contributed by atoms with Crippen LogP contribution in [0.3, 0.4) is 0 Å². The van der Waals surface area contributed by atoms with Gasteiger partial charge in [-0.25, -0.2) is 4.79 Å². The van der Waals surface area contributed by atoms with Crippen molar-refractivity contribution in [2.24, 2.45) is 56.7 Å². The second-order valence-corrected chi connectivity index (χ2v) is 18.3. The van der Waals surface area contributed by atoms with E-state index < -0.39 is 12.3 Å². The van der Waals surface area contributed by atoms with Gasteiger partial charge < -0.3 is 33.7 Å². The number of carbonyl (C=O) groups excluding carboxylic acids is 2. The number of ether oxygens (including phenoxy) is 5. The van der Waals surface area contributed by atoms with Crippen molar-refractivity contribution in [2.45, 2.75) is 136 Å². The Balaban J connectivity index is 0.987. The van der Waals surface area contributed by atoms with Crippen LogP contribution in [-0.4, -0.2) is 86.2 Å². The molecule has 2 aliphatic heterocycles. The SMILES string of the molecule is COC(=O)OCC1C[C@@H](C)[C@H]2C(O1)[C@H](O)[C@@]1(C)C3CC[C@H]4C(C)(C)C(OC5CN(C(=O)CC6CC6)CCO5)CCC45CC35CCC21C. The van der Waals surface area contributed by atoms with E-state index in [-0.39, 0.29) is 64.7 Å². The zero-order valence-corrected chi connectivity index (χ0v) is 29.6. The lowest BCUT2D eigenvalue weighted by Crippen LogP contribution is -2.60. The van der Waals surface area contributed by atoms with Crippen molar-refractivity contribution in [3.05, 3.63) is 0 Å². The lowest BCUT2D eigenvalue weighted by atomic mass is 9.41. The number of rotatable bonds is 6. The second-order valence-electron chi connectivity index (χ2n) is 18.3. The number of nitrogens with zero attached hydrogens (tertiary/aromatic N) is 1. The van der Waals surface area contributed by atoms with E-state index in [4.69, 9.17) is 23.7 Å². The standard InChI is InChI=1S/C38H59NO8/c1-22-17-24(20-45-33(42)43-6)46-31-30(22)35(4)13-14-38-21-37(38)12-11-27(34(2,3)25(37)9-10-26(38)36(35,5)32(31)41)47-29-19-39(15-16-44-29)28(40)18-23-7-8-23/h22-27,29-32,41H,7-21H2,1-6H3/t22-,24?,25+,26?,27?,29?,30+,31?,32+,35?,36-,37?,38?/m1/s1. The highest BCUT2D eigenvalue weighted by Crippen LogP contribution is 2.89. The summed E-state index contributed by atoms with van der Waals surface area (Å²) in [7, 11) is 1.32. The molecule has 0 bridgehead atoms. The fraction of sp³-hybridized carbons (Fsp3) is 0.947. The van der Waals surface area contributed by atoms with Crippen molar-refractivity contribution in [3.8, 4) is 0 Å². The molecule has 8 fully saturated rings. The lowest BCUT2D eigenvalue weighted by Gasteiger charge is -2.64. The highest BCUT2D eigenvalue weighted by Gasteiger charge is 2.84. The molecule has 8 aliphatic rings. The number of methoxy groups -OCH3 is 1. The van der Waals surface area contributed by atoms with Gasteiger partial charge in [0.05, 0.1) is 44.7 Å². The van der Waals surface area contributed by atoms with Crippen LogP contribution in [0.4, 0.5) is 4.79 Å².